The summed E-state index contributed by atoms with van der Waals surface area (Å²) in [5.74, 6) is 1.07. The second-order valence-corrected chi connectivity index (χ2v) is 6.46. The van der Waals surface area contributed by atoms with Crippen LogP contribution in [0.15, 0.2) is 30.3 Å². The highest BCUT2D eigenvalue weighted by Gasteiger charge is 2.28. The molecule has 0 radical (unpaired) electrons. The first-order valence-corrected chi connectivity index (χ1v) is 8.39. The minimum atomic E-state index is 0.0874. The second-order valence-electron chi connectivity index (χ2n) is 6.46. The van der Waals surface area contributed by atoms with Crippen LogP contribution < -0.4 is 5.32 Å². The van der Waals surface area contributed by atoms with Crippen LogP contribution in [0.2, 0.25) is 0 Å². The topological polar surface area (TPSA) is 32.3 Å². The Hall–Kier alpha value is -1.35. The number of nitrogens with zero attached hydrogens (tertiary/aromatic N) is 1. The second kappa shape index (κ2) is 7.08. The van der Waals surface area contributed by atoms with Crippen molar-refractivity contribution in [2.24, 2.45) is 5.92 Å². The van der Waals surface area contributed by atoms with E-state index in [0.717, 1.165) is 51.2 Å². The number of hydrogen-bond donors (Lipinski definition) is 1. The van der Waals surface area contributed by atoms with Gasteiger partial charge in [0.1, 0.15) is 0 Å². The van der Waals surface area contributed by atoms with E-state index >= 15 is 0 Å². The van der Waals surface area contributed by atoms with Crippen LogP contribution >= 0.6 is 0 Å². The van der Waals surface area contributed by atoms with E-state index in [1.54, 1.807) is 0 Å². The fourth-order valence-corrected chi connectivity index (χ4v) is 3.59. The standard InChI is InChI=1S/C18H26N2O/c21-18(17-8-4-5-11-19-17)20-12-9-16(10-13-20)14-15-6-2-1-3-7-15/h1-3,6-7,16-17,19H,4-5,8-14H2/t17-/m0/s1. The Kier molecular flexibility index (Phi) is 4.91. The summed E-state index contributed by atoms with van der Waals surface area (Å²) in [6.45, 7) is 2.88. The maximum Gasteiger partial charge on any atom is 0.239 e. The van der Waals surface area contributed by atoms with Gasteiger partial charge in [0.2, 0.25) is 5.91 Å². The molecular weight excluding hydrogens is 260 g/mol. The fourth-order valence-electron chi connectivity index (χ4n) is 3.59. The summed E-state index contributed by atoms with van der Waals surface area (Å²) in [4.78, 5) is 14.6. The van der Waals surface area contributed by atoms with Crippen LogP contribution in [0.25, 0.3) is 0 Å². The molecule has 1 aromatic rings. The van der Waals surface area contributed by atoms with Crippen molar-refractivity contribution in [3.8, 4) is 0 Å². The van der Waals surface area contributed by atoms with Crippen molar-refractivity contribution in [3.63, 3.8) is 0 Å². The van der Waals surface area contributed by atoms with Crippen LogP contribution in [0.1, 0.15) is 37.7 Å². The van der Waals surface area contributed by atoms with E-state index in [1.807, 2.05) is 0 Å². The van der Waals surface area contributed by atoms with Gasteiger partial charge >= 0.3 is 0 Å². The molecule has 2 fully saturated rings. The quantitative estimate of drug-likeness (QED) is 0.926. The Morgan fingerprint density at radius 2 is 1.86 bits per heavy atom. The summed E-state index contributed by atoms with van der Waals surface area (Å²) in [6, 6.07) is 10.8. The van der Waals surface area contributed by atoms with Crippen molar-refractivity contribution >= 4 is 5.91 Å². The lowest BCUT2D eigenvalue weighted by molar-refractivity contribution is -0.135. The normalized spacial score (nSPS) is 24.0. The Balaban J connectivity index is 1.47. The minimum absolute atomic E-state index is 0.0874. The molecule has 3 nitrogen and oxygen atoms in total. The van der Waals surface area contributed by atoms with Gasteiger partial charge in [0.05, 0.1) is 6.04 Å². The third kappa shape index (κ3) is 3.85. The van der Waals surface area contributed by atoms with Crippen molar-refractivity contribution in [1.82, 2.24) is 10.2 Å². The molecule has 3 rings (SSSR count). The van der Waals surface area contributed by atoms with Gasteiger partial charge in [-0.1, -0.05) is 36.8 Å². The third-order valence-corrected chi connectivity index (χ3v) is 4.90. The largest absolute Gasteiger partial charge is 0.341 e. The first kappa shape index (κ1) is 14.6. The fraction of sp³-hybridized carbons (Fsp3) is 0.611. The Morgan fingerprint density at radius 1 is 1.10 bits per heavy atom. The molecule has 2 heterocycles. The van der Waals surface area contributed by atoms with E-state index < -0.39 is 0 Å². The molecule has 0 bridgehead atoms. The van der Waals surface area contributed by atoms with Crippen molar-refractivity contribution in [1.29, 1.82) is 0 Å². The van der Waals surface area contributed by atoms with Crippen molar-refractivity contribution < 1.29 is 4.79 Å². The van der Waals surface area contributed by atoms with Gasteiger partial charge in [-0.15, -0.1) is 0 Å². The average Bonchev–Trinajstić information content (AvgIpc) is 2.57. The molecule has 2 aliphatic heterocycles. The smallest absolute Gasteiger partial charge is 0.239 e. The van der Waals surface area contributed by atoms with E-state index in [9.17, 15) is 4.79 Å². The number of benzene rings is 1. The van der Waals surface area contributed by atoms with Crippen LogP contribution in [-0.2, 0) is 11.2 Å². The first-order chi connectivity index (χ1) is 10.3. The average molecular weight is 286 g/mol. The predicted molar refractivity (Wildman–Crippen MR) is 85.1 cm³/mol. The molecule has 0 aliphatic carbocycles. The van der Waals surface area contributed by atoms with E-state index in [4.69, 9.17) is 0 Å². The zero-order chi connectivity index (χ0) is 14.5. The van der Waals surface area contributed by atoms with Gasteiger partial charge in [-0.3, -0.25) is 4.79 Å². The van der Waals surface area contributed by atoms with E-state index in [2.05, 4.69) is 40.5 Å². The summed E-state index contributed by atoms with van der Waals surface area (Å²) < 4.78 is 0. The van der Waals surface area contributed by atoms with Gasteiger partial charge in [-0.25, -0.2) is 0 Å². The number of amides is 1. The van der Waals surface area contributed by atoms with Crippen molar-refractivity contribution in [3.05, 3.63) is 35.9 Å². The molecule has 0 spiro atoms. The molecule has 2 aliphatic rings. The molecule has 1 N–H and O–H groups in total. The monoisotopic (exact) mass is 286 g/mol. The highest BCUT2D eigenvalue weighted by Crippen LogP contribution is 2.23. The molecule has 114 valence electrons. The first-order valence-electron chi connectivity index (χ1n) is 8.39. The van der Waals surface area contributed by atoms with Crippen molar-refractivity contribution in [2.45, 2.75) is 44.6 Å². The molecule has 0 unspecified atom stereocenters. The number of likely N-dealkylation sites (tertiary alicyclic amines) is 1. The summed E-state index contributed by atoms with van der Waals surface area (Å²) in [6.07, 6.45) is 6.87. The Bertz CT molecular complexity index is 446. The zero-order valence-electron chi connectivity index (χ0n) is 12.8. The molecule has 21 heavy (non-hydrogen) atoms. The molecule has 1 amide bonds. The van der Waals surface area contributed by atoms with Crippen LogP contribution in [0.5, 0.6) is 0 Å². The molecule has 1 atom stereocenters. The summed E-state index contributed by atoms with van der Waals surface area (Å²) in [5, 5.41) is 3.38. The molecule has 0 aromatic heterocycles. The lowest BCUT2D eigenvalue weighted by Gasteiger charge is -2.35. The van der Waals surface area contributed by atoms with E-state index in [-0.39, 0.29) is 6.04 Å². The maximum absolute atomic E-state index is 12.5. The molecule has 1 aromatic carbocycles. The maximum atomic E-state index is 12.5. The number of carbonyl (C=O) groups is 1. The van der Waals surface area contributed by atoms with Crippen LogP contribution in [0.3, 0.4) is 0 Å². The molecule has 2 saturated heterocycles. The van der Waals surface area contributed by atoms with Gasteiger partial charge in [-0.2, -0.15) is 0 Å². The van der Waals surface area contributed by atoms with Gasteiger partial charge in [-0.05, 0) is 50.1 Å². The zero-order valence-corrected chi connectivity index (χ0v) is 12.8. The van der Waals surface area contributed by atoms with Crippen LogP contribution in [0.4, 0.5) is 0 Å². The number of nitrogens with one attached hydrogen (secondary N) is 1. The van der Waals surface area contributed by atoms with Gasteiger partial charge in [0, 0.05) is 13.1 Å². The third-order valence-electron chi connectivity index (χ3n) is 4.90. The molecule has 0 saturated carbocycles. The predicted octanol–water partition coefficient (Wildman–Crippen LogP) is 2.61. The van der Waals surface area contributed by atoms with Crippen LogP contribution in [0, 0.1) is 5.92 Å². The van der Waals surface area contributed by atoms with E-state index in [0.29, 0.717) is 5.91 Å². The Morgan fingerprint density at radius 3 is 2.52 bits per heavy atom. The number of hydrogen-bond acceptors (Lipinski definition) is 2. The highest BCUT2D eigenvalue weighted by atomic mass is 16.2. The SMILES string of the molecule is O=C([C@@H]1CCCCN1)N1CCC(Cc2ccccc2)CC1. The van der Waals surface area contributed by atoms with Gasteiger partial charge in [0.25, 0.3) is 0 Å². The molecular formula is C18H26N2O. The molecule has 3 heteroatoms. The number of piperidine rings is 2. The van der Waals surface area contributed by atoms with Crippen molar-refractivity contribution in [2.75, 3.05) is 19.6 Å². The summed E-state index contributed by atoms with van der Waals surface area (Å²) in [5.41, 5.74) is 1.43. The number of rotatable bonds is 3. The van der Waals surface area contributed by atoms with Gasteiger partial charge in [0.15, 0.2) is 0 Å². The summed E-state index contributed by atoms with van der Waals surface area (Å²) in [7, 11) is 0. The lowest BCUT2D eigenvalue weighted by atomic mass is 9.89. The van der Waals surface area contributed by atoms with E-state index in [1.165, 1.54) is 18.4 Å². The number of carbonyl (C=O) groups excluding carboxylic acids is 1. The van der Waals surface area contributed by atoms with Gasteiger partial charge < -0.3 is 10.2 Å². The summed E-state index contributed by atoms with van der Waals surface area (Å²) >= 11 is 0. The minimum Gasteiger partial charge on any atom is -0.341 e. The van der Waals surface area contributed by atoms with Crippen LogP contribution in [-0.4, -0.2) is 36.5 Å². The Labute approximate surface area is 127 Å². The highest BCUT2D eigenvalue weighted by molar-refractivity contribution is 5.82. The lowest BCUT2D eigenvalue weighted by Crippen LogP contribution is -2.50.